The van der Waals surface area contributed by atoms with Gasteiger partial charge >= 0.3 is 0 Å². The van der Waals surface area contributed by atoms with Gasteiger partial charge in [-0.1, -0.05) is 74.5 Å². The van der Waals surface area contributed by atoms with Gasteiger partial charge in [0, 0.05) is 19.0 Å². The summed E-state index contributed by atoms with van der Waals surface area (Å²) in [6, 6.07) is 20.1. The number of hydroxylamine groups is 2. The fraction of sp³-hybridized carbons (Fsp3) is 0.500. The summed E-state index contributed by atoms with van der Waals surface area (Å²) >= 11 is 0. The van der Waals surface area contributed by atoms with Crippen LogP contribution in [0.15, 0.2) is 60.7 Å². The highest BCUT2D eigenvalue weighted by molar-refractivity contribution is 5.15. The number of nitrogens with zero attached hydrogens (tertiary/aromatic N) is 1. The zero-order valence-corrected chi connectivity index (χ0v) is 16.8. The molecule has 4 atom stereocenters. The maximum atomic E-state index is 12.6. The number of rotatable bonds is 7. The lowest BCUT2D eigenvalue weighted by molar-refractivity contribution is -0.0522. The molecule has 28 heavy (non-hydrogen) atoms. The van der Waals surface area contributed by atoms with Crippen molar-refractivity contribution in [3.63, 3.8) is 0 Å². The van der Waals surface area contributed by atoms with Gasteiger partial charge in [-0.3, -0.25) is 0 Å². The number of benzene rings is 2. The molecule has 0 radical (unpaired) electrons. The normalized spacial score (nSPS) is 28.6. The number of hydrogen-bond donors (Lipinski definition) is 0. The molecule has 2 aliphatic rings. The van der Waals surface area contributed by atoms with E-state index in [1.54, 1.807) is 0 Å². The lowest BCUT2D eigenvalue weighted by Crippen LogP contribution is -2.38. The molecule has 0 bridgehead atoms. The average molecular weight is 381 g/mol. The van der Waals surface area contributed by atoms with E-state index in [0.717, 1.165) is 29.0 Å². The Morgan fingerprint density at radius 3 is 2.32 bits per heavy atom. The second-order valence-corrected chi connectivity index (χ2v) is 9.02. The van der Waals surface area contributed by atoms with Crippen LogP contribution in [-0.4, -0.2) is 29.9 Å². The zero-order valence-electron chi connectivity index (χ0n) is 16.8. The van der Waals surface area contributed by atoms with E-state index in [-0.39, 0.29) is 23.7 Å². The minimum Gasteiger partial charge on any atom is -0.785 e. The molecule has 4 nitrogen and oxygen atoms in total. The third-order valence-corrected chi connectivity index (χ3v) is 6.03. The summed E-state index contributed by atoms with van der Waals surface area (Å²) in [7, 11) is 0. The molecule has 2 aromatic rings. The van der Waals surface area contributed by atoms with Gasteiger partial charge in [0.1, 0.15) is 0 Å². The molecule has 0 spiro atoms. The first kappa shape index (κ1) is 19.6. The van der Waals surface area contributed by atoms with Gasteiger partial charge in [0.15, 0.2) is 0 Å². The maximum absolute atomic E-state index is 12.6. The quantitative estimate of drug-likeness (QED) is 0.649. The Kier molecular flexibility index (Phi) is 5.83. The van der Waals surface area contributed by atoms with E-state index in [4.69, 9.17) is 9.47 Å². The fourth-order valence-electron chi connectivity index (χ4n) is 4.80. The van der Waals surface area contributed by atoms with Crippen LogP contribution < -0.4 is 0 Å². The Bertz CT molecular complexity index is 749. The lowest BCUT2D eigenvalue weighted by atomic mass is 9.88. The largest absolute Gasteiger partial charge is 0.785 e. The monoisotopic (exact) mass is 380 g/mol. The molecule has 2 fully saturated rings. The second kappa shape index (κ2) is 8.34. The molecule has 4 rings (SSSR count). The van der Waals surface area contributed by atoms with Gasteiger partial charge in [0.2, 0.25) is 0 Å². The zero-order chi connectivity index (χ0) is 19.6. The van der Waals surface area contributed by atoms with Gasteiger partial charge in [0.25, 0.3) is 0 Å². The van der Waals surface area contributed by atoms with Crippen molar-refractivity contribution < 1.29 is 9.47 Å². The highest BCUT2D eigenvalue weighted by atomic mass is 16.6. The van der Waals surface area contributed by atoms with Crippen LogP contribution >= 0.6 is 0 Å². The predicted octanol–water partition coefficient (Wildman–Crippen LogP) is 4.78. The Hall–Kier alpha value is -1.72. The Morgan fingerprint density at radius 1 is 1.00 bits per heavy atom. The summed E-state index contributed by atoms with van der Waals surface area (Å²) in [6.45, 7) is 5.89. The van der Waals surface area contributed by atoms with E-state index in [2.05, 4.69) is 26.0 Å². The van der Waals surface area contributed by atoms with Crippen LogP contribution in [0.3, 0.4) is 0 Å². The first-order valence-corrected chi connectivity index (χ1v) is 10.3. The van der Waals surface area contributed by atoms with Crippen molar-refractivity contribution in [1.82, 2.24) is 5.06 Å². The topological polar surface area (TPSA) is 44.8 Å². The van der Waals surface area contributed by atoms with E-state index in [1.165, 1.54) is 0 Å². The van der Waals surface area contributed by atoms with Crippen LogP contribution in [0.1, 0.15) is 37.8 Å². The summed E-state index contributed by atoms with van der Waals surface area (Å²) in [5, 5.41) is 13.7. The summed E-state index contributed by atoms with van der Waals surface area (Å²) < 4.78 is 12.7. The molecule has 0 amide bonds. The van der Waals surface area contributed by atoms with Gasteiger partial charge in [-0.2, -0.15) is 0 Å². The van der Waals surface area contributed by atoms with Crippen LogP contribution in [0.2, 0.25) is 0 Å². The SMILES string of the molecule is CC1(C)CC2OC(CN([O-])Cc3ccccc3)C(OCc3ccccc3)C2C1. The number of hydrogen-bond acceptors (Lipinski definition) is 4. The lowest BCUT2D eigenvalue weighted by Gasteiger charge is -2.34. The van der Waals surface area contributed by atoms with E-state index < -0.39 is 0 Å². The van der Waals surface area contributed by atoms with Crippen molar-refractivity contribution >= 4 is 0 Å². The minimum atomic E-state index is -0.170. The standard InChI is InChI=1S/C24H30NO3/c1-24(2)13-20-21(14-24)28-22(16-25(26)15-18-9-5-3-6-10-18)23(20)27-17-19-11-7-4-8-12-19/h3-12,20-23H,13-17H2,1-2H3/q-1. The molecular weight excluding hydrogens is 350 g/mol. The van der Waals surface area contributed by atoms with Crippen molar-refractivity contribution in [3.8, 4) is 0 Å². The molecule has 4 heteroatoms. The van der Waals surface area contributed by atoms with Gasteiger partial charge in [-0.05, 0) is 29.4 Å². The third-order valence-electron chi connectivity index (χ3n) is 6.03. The molecule has 1 saturated carbocycles. The first-order valence-electron chi connectivity index (χ1n) is 10.3. The van der Waals surface area contributed by atoms with Crippen LogP contribution in [0.4, 0.5) is 0 Å². The van der Waals surface area contributed by atoms with Crippen LogP contribution in [-0.2, 0) is 22.6 Å². The first-order chi connectivity index (χ1) is 13.5. The van der Waals surface area contributed by atoms with Gasteiger partial charge in [-0.25, -0.2) is 0 Å². The molecule has 0 aromatic heterocycles. The molecule has 150 valence electrons. The molecule has 2 aromatic carbocycles. The smallest absolute Gasteiger partial charge is 0.0961 e. The molecule has 1 aliphatic heterocycles. The minimum absolute atomic E-state index is 0.0285. The van der Waals surface area contributed by atoms with Crippen molar-refractivity contribution in [1.29, 1.82) is 0 Å². The molecule has 4 unspecified atom stereocenters. The van der Waals surface area contributed by atoms with Gasteiger partial charge < -0.3 is 19.7 Å². The fourth-order valence-corrected chi connectivity index (χ4v) is 4.80. The van der Waals surface area contributed by atoms with Crippen LogP contribution in [0, 0.1) is 16.5 Å². The molecule has 1 aliphatic carbocycles. The summed E-state index contributed by atoms with van der Waals surface area (Å²) in [4.78, 5) is 0. The Balaban J connectivity index is 1.42. The summed E-state index contributed by atoms with van der Waals surface area (Å²) in [5.74, 6) is 0.369. The maximum Gasteiger partial charge on any atom is 0.0961 e. The third kappa shape index (κ3) is 4.64. The summed E-state index contributed by atoms with van der Waals surface area (Å²) in [5.41, 5.74) is 2.46. The van der Waals surface area contributed by atoms with Crippen LogP contribution in [0.5, 0.6) is 0 Å². The highest BCUT2D eigenvalue weighted by Crippen LogP contribution is 2.49. The highest BCUT2D eigenvalue weighted by Gasteiger charge is 2.52. The van der Waals surface area contributed by atoms with Gasteiger partial charge in [-0.15, -0.1) is 0 Å². The number of ether oxygens (including phenoxy) is 2. The Morgan fingerprint density at radius 2 is 1.64 bits per heavy atom. The van der Waals surface area contributed by atoms with Gasteiger partial charge in [0.05, 0.1) is 24.9 Å². The second-order valence-electron chi connectivity index (χ2n) is 9.02. The van der Waals surface area contributed by atoms with Crippen molar-refractivity contribution in [3.05, 3.63) is 77.0 Å². The average Bonchev–Trinajstić information content (AvgIpc) is 3.12. The van der Waals surface area contributed by atoms with E-state index >= 15 is 0 Å². The summed E-state index contributed by atoms with van der Waals surface area (Å²) in [6.07, 6.45) is 2.13. The molecule has 1 saturated heterocycles. The Labute approximate surface area is 168 Å². The van der Waals surface area contributed by atoms with E-state index in [0.29, 0.717) is 25.6 Å². The van der Waals surface area contributed by atoms with E-state index in [1.807, 2.05) is 48.5 Å². The molecule has 0 N–H and O–H groups in total. The van der Waals surface area contributed by atoms with Crippen LogP contribution in [0.25, 0.3) is 0 Å². The molecular formula is C24H30NO3-. The van der Waals surface area contributed by atoms with Crippen molar-refractivity contribution in [2.24, 2.45) is 11.3 Å². The van der Waals surface area contributed by atoms with E-state index in [9.17, 15) is 5.21 Å². The van der Waals surface area contributed by atoms with Crippen molar-refractivity contribution in [2.75, 3.05) is 6.54 Å². The molecule has 1 heterocycles. The predicted molar refractivity (Wildman–Crippen MR) is 110 cm³/mol. The van der Waals surface area contributed by atoms with Crippen molar-refractivity contribution in [2.45, 2.75) is 58.2 Å². The number of fused-ring (bicyclic) bond motifs is 1.